The molecule has 3 N–H and O–H groups in total. The first kappa shape index (κ1) is 17.5. The first-order valence-electron chi connectivity index (χ1n) is 8.85. The first-order valence-corrected chi connectivity index (χ1v) is 8.85. The highest BCUT2D eigenvalue weighted by molar-refractivity contribution is 5.82. The van der Waals surface area contributed by atoms with E-state index in [0.717, 1.165) is 24.2 Å². The van der Waals surface area contributed by atoms with E-state index in [1.165, 1.54) is 12.0 Å². The molecule has 1 aliphatic rings. The Kier molecular flexibility index (Phi) is 5.39. The number of carbonyl (C=O) groups excluding carboxylic acids is 1. The van der Waals surface area contributed by atoms with E-state index in [9.17, 15) is 4.79 Å². The van der Waals surface area contributed by atoms with Gasteiger partial charge in [0, 0.05) is 17.5 Å². The van der Waals surface area contributed by atoms with Gasteiger partial charge in [-0.1, -0.05) is 55.0 Å². The Bertz CT molecular complexity index is 711. The van der Waals surface area contributed by atoms with Crippen LogP contribution >= 0.6 is 0 Å². The van der Waals surface area contributed by atoms with Gasteiger partial charge in [0.1, 0.15) is 5.75 Å². The van der Waals surface area contributed by atoms with E-state index in [4.69, 9.17) is 10.5 Å². The van der Waals surface area contributed by atoms with Crippen LogP contribution in [0, 0.1) is 0 Å². The van der Waals surface area contributed by atoms with Crippen LogP contribution in [-0.2, 0) is 16.6 Å². The molecule has 0 radical (unpaired) electrons. The Hall–Kier alpha value is -2.33. The molecule has 0 heterocycles. The van der Waals surface area contributed by atoms with Gasteiger partial charge in [0.05, 0.1) is 13.2 Å². The summed E-state index contributed by atoms with van der Waals surface area (Å²) in [6.07, 6.45) is 3.83. The summed E-state index contributed by atoms with van der Waals surface area (Å²) in [5.41, 5.74) is 8.32. The lowest BCUT2D eigenvalue weighted by molar-refractivity contribution is -0.122. The summed E-state index contributed by atoms with van der Waals surface area (Å²) in [7, 11) is 1.69. The number of amides is 1. The lowest BCUT2D eigenvalue weighted by atomic mass is 9.64. The second-order valence-corrected chi connectivity index (χ2v) is 6.85. The molecule has 2 aromatic carbocycles. The molecule has 0 saturated heterocycles. The van der Waals surface area contributed by atoms with Crippen molar-refractivity contribution < 1.29 is 9.53 Å². The lowest BCUT2D eigenvalue weighted by Gasteiger charge is -2.43. The molecule has 1 saturated carbocycles. The molecular formula is C21H26N2O2. The average Bonchev–Trinajstić information content (AvgIpc) is 2.61. The van der Waals surface area contributed by atoms with Gasteiger partial charge in [-0.25, -0.2) is 0 Å². The highest BCUT2D eigenvalue weighted by Gasteiger charge is 2.41. The zero-order chi connectivity index (χ0) is 17.7. The van der Waals surface area contributed by atoms with Crippen LogP contribution in [-0.4, -0.2) is 25.6 Å². The van der Waals surface area contributed by atoms with Crippen molar-refractivity contribution in [2.75, 3.05) is 13.7 Å². The molecule has 4 nitrogen and oxygen atoms in total. The third-order valence-electron chi connectivity index (χ3n) is 5.23. The Morgan fingerprint density at radius 2 is 1.84 bits per heavy atom. The number of methoxy groups -OCH3 is 1. The number of nitrogens with one attached hydrogen (secondary N) is 1. The van der Waals surface area contributed by atoms with E-state index in [2.05, 4.69) is 11.4 Å². The minimum absolute atomic E-state index is 0.0330. The van der Waals surface area contributed by atoms with Crippen LogP contribution in [0.15, 0.2) is 54.6 Å². The largest absolute Gasteiger partial charge is 0.496 e. The summed E-state index contributed by atoms with van der Waals surface area (Å²) in [6, 6.07) is 17.4. The van der Waals surface area contributed by atoms with Gasteiger partial charge in [0.25, 0.3) is 0 Å². The summed E-state index contributed by atoms with van der Waals surface area (Å²) in [4.78, 5) is 12.5. The highest BCUT2D eigenvalue weighted by atomic mass is 16.5. The molecule has 4 heteroatoms. The predicted octanol–water partition coefficient (Wildman–Crippen LogP) is 2.80. The third-order valence-corrected chi connectivity index (χ3v) is 5.23. The maximum absolute atomic E-state index is 12.5. The molecule has 1 amide bonds. The molecule has 1 fully saturated rings. The van der Waals surface area contributed by atoms with Gasteiger partial charge in [0.15, 0.2) is 0 Å². The van der Waals surface area contributed by atoms with Gasteiger partial charge in [0.2, 0.25) is 5.91 Å². The van der Waals surface area contributed by atoms with Crippen molar-refractivity contribution >= 4 is 5.91 Å². The van der Waals surface area contributed by atoms with Crippen LogP contribution < -0.4 is 15.8 Å². The molecule has 0 aliphatic heterocycles. The number of carbonyl (C=O) groups is 1. The number of nitrogens with two attached hydrogens (primary N) is 1. The smallest absolute Gasteiger partial charge is 0.237 e. The van der Waals surface area contributed by atoms with Gasteiger partial charge in [-0.3, -0.25) is 4.79 Å². The minimum Gasteiger partial charge on any atom is -0.496 e. The van der Waals surface area contributed by atoms with Crippen molar-refractivity contribution in [3.05, 3.63) is 65.7 Å². The Balaban J connectivity index is 1.64. The fourth-order valence-corrected chi connectivity index (χ4v) is 3.58. The van der Waals surface area contributed by atoms with Crippen molar-refractivity contribution in [1.29, 1.82) is 0 Å². The standard InChI is InChI=1S/C21H26N2O2/c1-25-19-11-6-5-10-17(19)21(12-7-13-21)15-23-20(24)18(22)14-16-8-3-2-4-9-16/h2-6,8-11,18H,7,12-15,22H2,1H3,(H,23,24)/t18-/m0/s1. The van der Waals surface area contributed by atoms with Crippen molar-refractivity contribution in [2.45, 2.75) is 37.1 Å². The van der Waals surface area contributed by atoms with Crippen LogP contribution in [0.4, 0.5) is 0 Å². The summed E-state index contributed by atoms with van der Waals surface area (Å²) < 4.78 is 5.52. The summed E-state index contributed by atoms with van der Waals surface area (Å²) in [5, 5.41) is 3.08. The number of benzene rings is 2. The predicted molar refractivity (Wildman–Crippen MR) is 99.7 cm³/mol. The van der Waals surface area contributed by atoms with E-state index in [0.29, 0.717) is 13.0 Å². The van der Waals surface area contributed by atoms with Crippen molar-refractivity contribution in [3.63, 3.8) is 0 Å². The van der Waals surface area contributed by atoms with Crippen molar-refractivity contribution in [1.82, 2.24) is 5.32 Å². The monoisotopic (exact) mass is 338 g/mol. The van der Waals surface area contributed by atoms with E-state index in [1.807, 2.05) is 48.5 Å². The highest BCUT2D eigenvalue weighted by Crippen LogP contribution is 2.46. The van der Waals surface area contributed by atoms with E-state index in [1.54, 1.807) is 7.11 Å². The fraction of sp³-hybridized carbons (Fsp3) is 0.381. The molecule has 0 spiro atoms. The minimum atomic E-state index is -0.530. The quantitative estimate of drug-likeness (QED) is 0.816. The van der Waals surface area contributed by atoms with Crippen LogP contribution in [0.3, 0.4) is 0 Å². The van der Waals surface area contributed by atoms with E-state index >= 15 is 0 Å². The summed E-state index contributed by atoms with van der Waals surface area (Å²) in [6.45, 7) is 0.606. The maximum Gasteiger partial charge on any atom is 0.237 e. The molecule has 25 heavy (non-hydrogen) atoms. The fourth-order valence-electron chi connectivity index (χ4n) is 3.58. The molecule has 0 bridgehead atoms. The van der Waals surface area contributed by atoms with Crippen molar-refractivity contribution in [3.8, 4) is 5.75 Å². The molecule has 132 valence electrons. The zero-order valence-corrected chi connectivity index (χ0v) is 14.7. The van der Waals surface area contributed by atoms with Gasteiger partial charge in [-0.15, -0.1) is 0 Å². The first-order chi connectivity index (χ1) is 12.1. The van der Waals surface area contributed by atoms with Crippen LogP contribution in [0.25, 0.3) is 0 Å². The summed E-state index contributed by atoms with van der Waals surface area (Å²) in [5.74, 6) is 0.801. The zero-order valence-electron chi connectivity index (χ0n) is 14.7. The Morgan fingerprint density at radius 3 is 2.48 bits per heavy atom. The topological polar surface area (TPSA) is 64.3 Å². The average molecular weight is 338 g/mol. The number of hydrogen-bond acceptors (Lipinski definition) is 3. The van der Waals surface area contributed by atoms with E-state index < -0.39 is 6.04 Å². The third kappa shape index (κ3) is 3.85. The number of ether oxygens (including phenoxy) is 1. The normalized spacial score (nSPS) is 16.6. The van der Waals surface area contributed by atoms with Crippen LogP contribution in [0.5, 0.6) is 5.75 Å². The van der Waals surface area contributed by atoms with Gasteiger partial charge in [-0.05, 0) is 30.9 Å². The molecule has 0 unspecified atom stereocenters. The van der Waals surface area contributed by atoms with Crippen molar-refractivity contribution in [2.24, 2.45) is 5.73 Å². The molecule has 2 aromatic rings. The number of para-hydroxylation sites is 1. The summed E-state index contributed by atoms with van der Waals surface area (Å²) >= 11 is 0. The number of rotatable bonds is 7. The van der Waals surface area contributed by atoms with Crippen LogP contribution in [0.1, 0.15) is 30.4 Å². The van der Waals surface area contributed by atoms with Gasteiger partial charge in [-0.2, -0.15) is 0 Å². The molecule has 0 aromatic heterocycles. The molecule has 1 atom stereocenters. The molecule has 3 rings (SSSR count). The van der Waals surface area contributed by atoms with E-state index in [-0.39, 0.29) is 11.3 Å². The Morgan fingerprint density at radius 1 is 1.16 bits per heavy atom. The molecular weight excluding hydrogens is 312 g/mol. The lowest BCUT2D eigenvalue weighted by Crippen LogP contribution is -2.50. The second kappa shape index (κ2) is 7.70. The van der Waals surface area contributed by atoms with Crippen LogP contribution in [0.2, 0.25) is 0 Å². The Labute approximate surface area is 149 Å². The van der Waals surface area contributed by atoms with Gasteiger partial charge < -0.3 is 15.8 Å². The second-order valence-electron chi connectivity index (χ2n) is 6.85. The maximum atomic E-state index is 12.5. The SMILES string of the molecule is COc1ccccc1C1(CNC(=O)[C@@H](N)Cc2ccccc2)CCC1. The molecule has 1 aliphatic carbocycles. The number of hydrogen-bond donors (Lipinski definition) is 2. The van der Waals surface area contributed by atoms with Gasteiger partial charge >= 0.3 is 0 Å².